The highest BCUT2D eigenvalue weighted by atomic mass is 79.9. The van der Waals surface area contributed by atoms with Crippen LogP contribution in [-0.4, -0.2) is 20.2 Å². The Morgan fingerprint density at radius 1 is 1.05 bits per heavy atom. The Bertz CT molecular complexity index is 705. The topological polar surface area (TPSA) is 69.6 Å². The van der Waals surface area contributed by atoms with Crippen molar-refractivity contribution in [1.82, 2.24) is 20.2 Å². The van der Waals surface area contributed by atoms with E-state index in [4.69, 9.17) is 5.73 Å². The number of rotatable bonds is 2. The summed E-state index contributed by atoms with van der Waals surface area (Å²) in [6.07, 6.45) is 0. The predicted molar refractivity (Wildman–Crippen MR) is 76.7 cm³/mol. The van der Waals surface area contributed by atoms with Crippen LogP contribution in [-0.2, 0) is 0 Å². The van der Waals surface area contributed by atoms with E-state index < -0.39 is 0 Å². The van der Waals surface area contributed by atoms with E-state index in [-0.39, 0.29) is 0 Å². The van der Waals surface area contributed by atoms with Crippen molar-refractivity contribution < 1.29 is 0 Å². The fourth-order valence-corrected chi connectivity index (χ4v) is 2.17. The van der Waals surface area contributed by atoms with Crippen LogP contribution in [0, 0.1) is 0 Å². The van der Waals surface area contributed by atoms with Crippen molar-refractivity contribution in [2.45, 2.75) is 0 Å². The van der Waals surface area contributed by atoms with Gasteiger partial charge in [0.2, 0.25) is 0 Å². The highest BCUT2D eigenvalue weighted by Crippen LogP contribution is 2.22. The zero-order chi connectivity index (χ0) is 13.2. The lowest BCUT2D eigenvalue weighted by Gasteiger charge is -2.05. The lowest BCUT2D eigenvalue weighted by molar-refractivity contribution is 0.791. The SMILES string of the molecule is Nc1ccc(-c2nnnn2-c2cccc(Br)c2)cc1. The van der Waals surface area contributed by atoms with Gasteiger partial charge in [0.15, 0.2) is 5.82 Å². The van der Waals surface area contributed by atoms with Gasteiger partial charge < -0.3 is 5.73 Å². The third-order valence-corrected chi connectivity index (χ3v) is 3.18. The minimum absolute atomic E-state index is 0.679. The number of nitrogen functional groups attached to an aromatic ring is 1. The van der Waals surface area contributed by atoms with Crippen molar-refractivity contribution in [2.24, 2.45) is 0 Å². The van der Waals surface area contributed by atoms with Crippen molar-refractivity contribution >= 4 is 21.6 Å². The molecular weight excluding hydrogens is 306 g/mol. The first kappa shape index (κ1) is 11.9. The van der Waals surface area contributed by atoms with Crippen LogP contribution in [0.5, 0.6) is 0 Å². The van der Waals surface area contributed by atoms with Gasteiger partial charge in [0.25, 0.3) is 0 Å². The lowest BCUT2D eigenvalue weighted by atomic mass is 10.2. The molecule has 0 unspecified atom stereocenters. The summed E-state index contributed by atoms with van der Waals surface area (Å²) in [6.45, 7) is 0. The molecule has 0 aliphatic heterocycles. The summed E-state index contributed by atoms with van der Waals surface area (Å²) in [7, 11) is 0. The molecule has 3 aromatic rings. The molecule has 0 radical (unpaired) electrons. The third-order valence-electron chi connectivity index (χ3n) is 2.69. The van der Waals surface area contributed by atoms with E-state index in [2.05, 4.69) is 31.5 Å². The van der Waals surface area contributed by atoms with E-state index in [9.17, 15) is 0 Å². The largest absolute Gasteiger partial charge is 0.399 e. The molecule has 0 saturated heterocycles. The molecule has 0 aliphatic rings. The molecule has 0 amide bonds. The van der Waals surface area contributed by atoms with Crippen LogP contribution in [0.1, 0.15) is 0 Å². The van der Waals surface area contributed by atoms with Crippen LogP contribution in [0.4, 0.5) is 5.69 Å². The van der Waals surface area contributed by atoms with E-state index in [0.29, 0.717) is 11.5 Å². The Morgan fingerprint density at radius 3 is 2.58 bits per heavy atom. The molecular formula is C13H10BrN5. The molecule has 1 aromatic heterocycles. The Morgan fingerprint density at radius 2 is 1.84 bits per heavy atom. The Hall–Kier alpha value is -2.21. The number of tetrazole rings is 1. The van der Waals surface area contributed by atoms with Crippen LogP contribution in [0.3, 0.4) is 0 Å². The Balaban J connectivity index is 2.10. The van der Waals surface area contributed by atoms with Gasteiger partial charge in [0, 0.05) is 15.7 Å². The summed E-state index contributed by atoms with van der Waals surface area (Å²) >= 11 is 3.44. The van der Waals surface area contributed by atoms with Crippen molar-refractivity contribution in [2.75, 3.05) is 5.73 Å². The molecule has 0 fully saturated rings. The predicted octanol–water partition coefficient (Wildman–Crippen LogP) is 2.67. The van der Waals surface area contributed by atoms with Crippen molar-refractivity contribution in [3.63, 3.8) is 0 Å². The average Bonchev–Trinajstić information content (AvgIpc) is 2.89. The van der Waals surface area contributed by atoms with E-state index >= 15 is 0 Å². The highest BCUT2D eigenvalue weighted by molar-refractivity contribution is 9.10. The molecule has 2 aromatic carbocycles. The maximum Gasteiger partial charge on any atom is 0.187 e. The van der Waals surface area contributed by atoms with Gasteiger partial charge in [-0.3, -0.25) is 0 Å². The second-order valence-corrected chi connectivity index (χ2v) is 4.93. The molecule has 0 aliphatic carbocycles. The smallest absolute Gasteiger partial charge is 0.187 e. The molecule has 2 N–H and O–H groups in total. The number of halogens is 1. The summed E-state index contributed by atoms with van der Waals surface area (Å²) in [5.74, 6) is 0.679. The number of aromatic nitrogens is 4. The molecule has 0 bridgehead atoms. The van der Waals surface area contributed by atoms with Gasteiger partial charge in [0.05, 0.1) is 5.69 Å². The van der Waals surface area contributed by atoms with Gasteiger partial charge in [-0.25, -0.2) is 0 Å². The maximum absolute atomic E-state index is 5.68. The first-order valence-corrected chi connectivity index (χ1v) is 6.43. The van der Waals surface area contributed by atoms with Crippen molar-refractivity contribution in [1.29, 1.82) is 0 Å². The number of nitrogens with two attached hydrogens (primary N) is 1. The summed E-state index contributed by atoms with van der Waals surface area (Å²) < 4.78 is 2.67. The van der Waals surface area contributed by atoms with Crippen molar-refractivity contribution in [3.8, 4) is 17.1 Å². The monoisotopic (exact) mass is 315 g/mol. The van der Waals surface area contributed by atoms with Gasteiger partial charge in [-0.2, -0.15) is 4.68 Å². The Labute approximate surface area is 118 Å². The van der Waals surface area contributed by atoms with Crippen LogP contribution < -0.4 is 5.73 Å². The maximum atomic E-state index is 5.68. The summed E-state index contributed by atoms with van der Waals surface area (Å²) in [5.41, 5.74) is 8.21. The third kappa shape index (κ3) is 2.34. The first-order valence-electron chi connectivity index (χ1n) is 5.64. The van der Waals surface area contributed by atoms with E-state index in [1.165, 1.54) is 0 Å². The number of anilines is 1. The summed E-state index contributed by atoms with van der Waals surface area (Å²) in [4.78, 5) is 0. The number of nitrogens with zero attached hydrogens (tertiary/aromatic N) is 4. The number of hydrogen-bond acceptors (Lipinski definition) is 4. The minimum atomic E-state index is 0.679. The normalized spacial score (nSPS) is 10.6. The molecule has 19 heavy (non-hydrogen) atoms. The van der Waals surface area contributed by atoms with Crippen LogP contribution in [0.2, 0.25) is 0 Å². The van der Waals surface area contributed by atoms with Crippen molar-refractivity contribution in [3.05, 3.63) is 53.0 Å². The van der Waals surface area contributed by atoms with Crippen LogP contribution >= 0.6 is 15.9 Å². The molecule has 0 spiro atoms. The average molecular weight is 316 g/mol. The minimum Gasteiger partial charge on any atom is -0.399 e. The summed E-state index contributed by atoms with van der Waals surface area (Å²) in [5, 5.41) is 11.8. The first-order chi connectivity index (χ1) is 9.24. The van der Waals surface area contributed by atoms with Gasteiger partial charge >= 0.3 is 0 Å². The van der Waals surface area contributed by atoms with Gasteiger partial charge in [0.1, 0.15) is 0 Å². The molecule has 94 valence electrons. The quantitative estimate of drug-likeness (QED) is 0.738. The fourth-order valence-electron chi connectivity index (χ4n) is 1.78. The van der Waals surface area contributed by atoms with Crippen LogP contribution in [0.15, 0.2) is 53.0 Å². The zero-order valence-corrected chi connectivity index (χ0v) is 11.4. The van der Waals surface area contributed by atoms with Gasteiger partial charge in [-0.05, 0) is 52.9 Å². The molecule has 6 heteroatoms. The highest BCUT2D eigenvalue weighted by Gasteiger charge is 2.10. The zero-order valence-electron chi connectivity index (χ0n) is 9.86. The fraction of sp³-hybridized carbons (Fsp3) is 0. The molecule has 5 nitrogen and oxygen atoms in total. The van der Waals surface area contributed by atoms with Crippen LogP contribution in [0.25, 0.3) is 17.1 Å². The second-order valence-electron chi connectivity index (χ2n) is 4.02. The molecule has 3 rings (SSSR count). The molecule has 1 heterocycles. The van der Waals surface area contributed by atoms with Gasteiger partial charge in [-0.1, -0.05) is 22.0 Å². The van der Waals surface area contributed by atoms with E-state index in [1.54, 1.807) is 4.68 Å². The van der Waals surface area contributed by atoms with E-state index in [1.807, 2.05) is 48.5 Å². The number of hydrogen-bond donors (Lipinski definition) is 1. The molecule has 0 saturated carbocycles. The van der Waals surface area contributed by atoms with E-state index in [0.717, 1.165) is 15.7 Å². The standard InChI is InChI=1S/C13H10BrN5/c14-10-2-1-3-12(8-10)19-13(16-17-18-19)9-4-6-11(15)7-5-9/h1-8H,15H2. The lowest BCUT2D eigenvalue weighted by Crippen LogP contribution is -1.99. The van der Waals surface area contributed by atoms with Gasteiger partial charge in [-0.15, -0.1) is 5.10 Å². The number of benzene rings is 2. The molecule has 0 atom stereocenters. The second kappa shape index (κ2) is 4.81. The Kier molecular flexibility index (Phi) is 3.00. The summed E-state index contributed by atoms with van der Waals surface area (Å²) in [6, 6.07) is 15.2.